The molecule has 0 bridgehead atoms. The van der Waals surface area contributed by atoms with Crippen LogP contribution in [0.5, 0.6) is 0 Å². The smallest absolute Gasteiger partial charge is 0.136 e. The van der Waals surface area contributed by atoms with Crippen LogP contribution >= 0.6 is 0 Å². The summed E-state index contributed by atoms with van der Waals surface area (Å²) in [5.41, 5.74) is 15.6. The number of aromatic nitrogens is 1. The lowest BCUT2D eigenvalue weighted by Crippen LogP contribution is -2.10. The van der Waals surface area contributed by atoms with Crippen molar-refractivity contribution in [3.63, 3.8) is 0 Å². The van der Waals surface area contributed by atoms with Crippen molar-refractivity contribution in [2.75, 3.05) is 4.90 Å². The molecule has 0 aliphatic rings. The van der Waals surface area contributed by atoms with Crippen LogP contribution in [0.25, 0.3) is 93.6 Å². The monoisotopic (exact) mass is 778 g/mol. The second-order valence-electron chi connectivity index (χ2n) is 15.7. The van der Waals surface area contributed by atoms with E-state index in [0.29, 0.717) is 0 Å². The van der Waals surface area contributed by atoms with E-state index in [2.05, 4.69) is 228 Å². The molecule has 12 aromatic rings. The van der Waals surface area contributed by atoms with Crippen molar-refractivity contribution in [2.45, 2.75) is 0 Å². The zero-order valence-corrected chi connectivity index (χ0v) is 33.2. The van der Waals surface area contributed by atoms with Gasteiger partial charge in [0.2, 0.25) is 0 Å². The molecule has 10 aromatic carbocycles. The maximum atomic E-state index is 6.24. The van der Waals surface area contributed by atoms with Crippen LogP contribution in [0.1, 0.15) is 0 Å². The Bertz CT molecular complexity index is 3540. The minimum Gasteiger partial charge on any atom is -0.456 e. The first-order chi connectivity index (χ1) is 30.2. The van der Waals surface area contributed by atoms with Crippen LogP contribution in [0.4, 0.5) is 17.1 Å². The van der Waals surface area contributed by atoms with Gasteiger partial charge < -0.3 is 13.9 Å². The standard InChI is InChI=1S/C58H38N2O/c1-2-13-42-36-44(27-26-39(42)12-1)41-30-34-47(35-31-41)59(48-16-10-17-49(38-48)60-54-22-6-3-18-51(54)52-19-4-7-23-55(52)60)46-32-28-40(29-33-46)43-14-9-15-45(37-43)50-21-11-25-57-58(50)53-20-5-8-24-56(53)61-57/h1-38H. The highest BCUT2D eigenvalue weighted by Crippen LogP contribution is 2.41. The van der Waals surface area contributed by atoms with Gasteiger partial charge in [0.15, 0.2) is 0 Å². The number of fused-ring (bicyclic) bond motifs is 7. The molecule has 0 saturated carbocycles. The number of hydrogen-bond donors (Lipinski definition) is 0. The molecule has 0 aliphatic heterocycles. The Morgan fingerprint density at radius 1 is 0.328 bits per heavy atom. The first kappa shape index (κ1) is 34.9. The summed E-state index contributed by atoms with van der Waals surface area (Å²) in [6.45, 7) is 0. The molecule has 3 nitrogen and oxygen atoms in total. The summed E-state index contributed by atoms with van der Waals surface area (Å²) in [7, 11) is 0. The molecule has 286 valence electrons. The number of anilines is 3. The van der Waals surface area contributed by atoms with Crippen LogP contribution < -0.4 is 4.90 Å². The second kappa shape index (κ2) is 14.3. The van der Waals surface area contributed by atoms with Crippen molar-refractivity contribution in [1.29, 1.82) is 0 Å². The van der Waals surface area contributed by atoms with Gasteiger partial charge in [0.25, 0.3) is 0 Å². The normalized spacial score (nSPS) is 11.6. The molecule has 0 atom stereocenters. The molecule has 0 saturated heterocycles. The molecule has 12 rings (SSSR count). The zero-order valence-electron chi connectivity index (χ0n) is 33.2. The number of para-hydroxylation sites is 3. The molecule has 0 unspecified atom stereocenters. The fourth-order valence-electron chi connectivity index (χ4n) is 9.28. The summed E-state index contributed by atoms with van der Waals surface area (Å²) in [5, 5.41) is 7.27. The predicted octanol–water partition coefficient (Wildman–Crippen LogP) is 16.3. The first-order valence-electron chi connectivity index (χ1n) is 20.8. The lowest BCUT2D eigenvalue weighted by atomic mass is 9.96. The number of benzene rings is 10. The third-order valence-corrected chi connectivity index (χ3v) is 12.2. The van der Waals surface area contributed by atoms with E-state index in [-0.39, 0.29) is 0 Å². The Kier molecular flexibility index (Phi) is 8.17. The summed E-state index contributed by atoms with van der Waals surface area (Å²) in [6, 6.07) is 83.0. The summed E-state index contributed by atoms with van der Waals surface area (Å²) < 4.78 is 8.63. The van der Waals surface area contributed by atoms with Gasteiger partial charge in [-0.15, -0.1) is 0 Å². The summed E-state index contributed by atoms with van der Waals surface area (Å²) >= 11 is 0. The molecule has 0 fully saturated rings. The highest BCUT2D eigenvalue weighted by Gasteiger charge is 2.18. The van der Waals surface area contributed by atoms with E-state index in [4.69, 9.17) is 4.42 Å². The molecule has 61 heavy (non-hydrogen) atoms. The van der Waals surface area contributed by atoms with E-state index in [1.807, 2.05) is 12.1 Å². The fourth-order valence-corrected chi connectivity index (χ4v) is 9.28. The maximum absolute atomic E-state index is 6.24. The van der Waals surface area contributed by atoms with E-state index < -0.39 is 0 Å². The van der Waals surface area contributed by atoms with Gasteiger partial charge in [-0.25, -0.2) is 0 Å². The molecule has 2 heterocycles. The lowest BCUT2D eigenvalue weighted by Gasteiger charge is -2.26. The van der Waals surface area contributed by atoms with Gasteiger partial charge in [-0.1, -0.05) is 152 Å². The van der Waals surface area contributed by atoms with E-state index >= 15 is 0 Å². The Morgan fingerprint density at radius 2 is 0.885 bits per heavy atom. The third-order valence-electron chi connectivity index (χ3n) is 12.2. The van der Waals surface area contributed by atoms with Crippen molar-refractivity contribution in [3.8, 4) is 39.1 Å². The van der Waals surface area contributed by atoms with Gasteiger partial charge in [-0.05, 0) is 123 Å². The van der Waals surface area contributed by atoms with Crippen LogP contribution in [0.15, 0.2) is 235 Å². The van der Waals surface area contributed by atoms with Crippen LogP contribution in [-0.4, -0.2) is 4.57 Å². The van der Waals surface area contributed by atoms with E-state index in [9.17, 15) is 0 Å². The lowest BCUT2D eigenvalue weighted by molar-refractivity contribution is 0.669. The van der Waals surface area contributed by atoms with Crippen LogP contribution in [0.3, 0.4) is 0 Å². The summed E-state index contributed by atoms with van der Waals surface area (Å²) in [6.07, 6.45) is 0. The Morgan fingerprint density at radius 3 is 1.62 bits per heavy atom. The van der Waals surface area contributed by atoms with Gasteiger partial charge >= 0.3 is 0 Å². The summed E-state index contributed by atoms with van der Waals surface area (Å²) in [5.74, 6) is 0. The Balaban J connectivity index is 0.957. The quantitative estimate of drug-likeness (QED) is 0.161. The van der Waals surface area contributed by atoms with Gasteiger partial charge in [0.1, 0.15) is 11.2 Å². The van der Waals surface area contributed by atoms with Crippen LogP contribution in [0, 0.1) is 0 Å². The highest BCUT2D eigenvalue weighted by molar-refractivity contribution is 6.12. The largest absolute Gasteiger partial charge is 0.456 e. The van der Waals surface area contributed by atoms with Gasteiger partial charge in [-0.2, -0.15) is 0 Å². The third kappa shape index (κ3) is 5.98. The number of rotatable bonds is 7. The molecular formula is C58H38N2O. The predicted molar refractivity (Wildman–Crippen MR) is 257 cm³/mol. The molecular weight excluding hydrogens is 741 g/mol. The van der Waals surface area contributed by atoms with Gasteiger partial charge in [-0.3, -0.25) is 0 Å². The molecule has 2 aromatic heterocycles. The van der Waals surface area contributed by atoms with Gasteiger partial charge in [0.05, 0.1) is 11.0 Å². The average molecular weight is 779 g/mol. The second-order valence-corrected chi connectivity index (χ2v) is 15.7. The number of nitrogens with zero attached hydrogens (tertiary/aromatic N) is 2. The van der Waals surface area contributed by atoms with Crippen molar-refractivity contribution in [2.24, 2.45) is 0 Å². The first-order valence-corrected chi connectivity index (χ1v) is 20.8. The van der Waals surface area contributed by atoms with Crippen molar-refractivity contribution < 1.29 is 4.42 Å². The Labute approximate surface area is 353 Å². The van der Waals surface area contributed by atoms with Crippen molar-refractivity contribution >= 4 is 71.6 Å². The number of furan rings is 1. The molecule has 0 amide bonds. The molecule has 0 spiro atoms. The van der Waals surface area contributed by atoms with Gasteiger partial charge in [0, 0.05) is 44.3 Å². The van der Waals surface area contributed by atoms with E-state index in [1.54, 1.807) is 0 Å². The highest BCUT2D eigenvalue weighted by atomic mass is 16.3. The Hall–Kier alpha value is -8.14. The molecule has 3 heteroatoms. The average Bonchev–Trinajstić information content (AvgIpc) is 3.88. The maximum Gasteiger partial charge on any atom is 0.136 e. The van der Waals surface area contributed by atoms with E-state index in [0.717, 1.165) is 61.4 Å². The summed E-state index contributed by atoms with van der Waals surface area (Å²) in [4.78, 5) is 2.37. The van der Waals surface area contributed by atoms with Crippen molar-refractivity contribution in [1.82, 2.24) is 4.57 Å². The van der Waals surface area contributed by atoms with Crippen LogP contribution in [-0.2, 0) is 0 Å². The van der Waals surface area contributed by atoms with Crippen LogP contribution in [0.2, 0.25) is 0 Å². The number of hydrogen-bond acceptors (Lipinski definition) is 2. The SMILES string of the molecule is c1cc(-c2ccc(N(c3ccc(-c4ccc5ccccc5c4)cc3)c3cccc(-n4c5ccccc5c5ccccc54)c3)cc2)cc(-c2cccc3oc4ccccc4c23)c1. The molecule has 0 radical (unpaired) electrons. The van der Waals surface area contributed by atoms with E-state index in [1.165, 1.54) is 49.3 Å². The topological polar surface area (TPSA) is 21.3 Å². The fraction of sp³-hybridized carbons (Fsp3) is 0. The molecule has 0 aliphatic carbocycles. The minimum absolute atomic E-state index is 0.904. The molecule has 0 N–H and O–H groups in total. The van der Waals surface area contributed by atoms with Crippen molar-refractivity contribution in [3.05, 3.63) is 231 Å². The zero-order chi connectivity index (χ0) is 40.3. The minimum atomic E-state index is 0.904.